The number of fused-ring (bicyclic) bond motifs is 1. The number of ketones is 2. The number of hydrogen-bond acceptors (Lipinski definition) is 5. The molecule has 1 aliphatic rings. The second-order valence-electron chi connectivity index (χ2n) is 5.96. The van der Waals surface area contributed by atoms with Gasteiger partial charge in [-0.25, -0.2) is 0 Å². The van der Waals surface area contributed by atoms with Crippen LogP contribution in [0.4, 0.5) is 0 Å². The highest BCUT2D eigenvalue weighted by molar-refractivity contribution is 6.14. The van der Waals surface area contributed by atoms with E-state index in [1.165, 1.54) is 0 Å². The molecule has 132 valence electrons. The summed E-state index contributed by atoms with van der Waals surface area (Å²) < 4.78 is 11.2. The fraction of sp³-hybridized carbons (Fsp3) is 0.0455. The Balaban J connectivity index is 1.48. The molecule has 0 aliphatic carbocycles. The lowest BCUT2D eigenvalue weighted by molar-refractivity contribution is 0.0921. The minimum atomic E-state index is -0.186. The van der Waals surface area contributed by atoms with Crippen molar-refractivity contribution in [1.29, 1.82) is 0 Å². The predicted molar refractivity (Wildman–Crippen MR) is 99.9 cm³/mol. The van der Waals surface area contributed by atoms with Crippen LogP contribution in [0, 0.1) is 0 Å². The van der Waals surface area contributed by atoms with Gasteiger partial charge in [-0.2, -0.15) is 0 Å². The molecule has 3 aromatic rings. The molecule has 1 aromatic heterocycles. The molecule has 0 atom stereocenters. The van der Waals surface area contributed by atoms with Crippen molar-refractivity contribution >= 4 is 17.6 Å². The van der Waals surface area contributed by atoms with Crippen LogP contribution >= 0.6 is 0 Å². The third kappa shape index (κ3) is 3.62. The smallest absolute Gasteiger partial charge is 0.231 e. The van der Waals surface area contributed by atoms with Crippen molar-refractivity contribution in [3.8, 4) is 11.5 Å². The molecule has 0 bridgehead atoms. The Morgan fingerprint density at radius 3 is 2.59 bits per heavy atom. The van der Waals surface area contributed by atoms with Crippen molar-refractivity contribution < 1.29 is 19.1 Å². The van der Waals surface area contributed by atoms with Gasteiger partial charge in [-0.1, -0.05) is 30.3 Å². The number of Topliss-reactive ketones (excluding diaryl/α,β-unsaturated/α-hetero) is 2. The zero-order valence-electron chi connectivity index (χ0n) is 14.3. The van der Waals surface area contributed by atoms with Gasteiger partial charge in [0.15, 0.2) is 18.1 Å². The van der Waals surface area contributed by atoms with Crippen LogP contribution in [0.5, 0.6) is 11.5 Å². The second kappa shape index (κ2) is 7.25. The van der Waals surface area contributed by atoms with E-state index in [1.54, 1.807) is 73.1 Å². The van der Waals surface area contributed by atoms with Crippen LogP contribution in [0.1, 0.15) is 26.3 Å². The summed E-state index contributed by atoms with van der Waals surface area (Å²) in [5.41, 5.74) is 1.88. The number of benzene rings is 2. The standard InChI is InChI=1S/C22H15NO4/c24-19(16-4-2-1-3-5-16)14-26-17-6-7-18-20(13-17)27-21(22(18)25)12-15-8-10-23-11-9-15/h1-13H,14H2. The molecule has 2 aromatic carbocycles. The normalized spacial score (nSPS) is 13.9. The second-order valence-corrected chi connectivity index (χ2v) is 5.96. The lowest BCUT2D eigenvalue weighted by Crippen LogP contribution is -2.11. The zero-order valence-corrected chi connectivity index (χ0v) is 14.3. The topological polar surface area (TPSA) is 65.5 Å². The Kier molecular flexibility index (Phi) is 4.49. The summed E-state index contributed by atoms with van der Waals surface area (Å²) in [4.78, 5) is 28.5. The molecule has 0 fully saturated rings. The van der Waals surface area contributed by atoms with Crippen molar-refractivity contribution in [3.63, 3.8) is 0 Å². The number of nitrogens with zero attached hydrogens (tertiary/aromatic N) is 1. The highest BCUT2D eigenvalue weighted by atomic mass is 16.5. The summed E-state index contributed by atoms with van der Waals surface area (Å²) in [5.74, 6) is 0.828. The molecule has 0 amide bonds. The average Bonchev–Trinajstić information content (AvgIpc) is 3.02. The first-order valence-corrected chi connectivity index (χ1v) is 8.40. The minimum absolute atomic E-state index is 0.0868. The summed E-state index contributed by atoms with van der Waals surface area (Å²) >= 11 is 0. The molecule has 5 nitrogen and oxygen atoms in total. The highest BCUT2D eigenvalue weighted by Gasteiger charge is 2.27. The molecule has 2 heterocycles. The zero-order chi connectivity index (χ0) is 18.6. The van der Waals surface area contributed by atoms with E-state index in [4.69, 9.17) is 9.47 Å². The Bertz CT molecular complexity index is 1030. The Morgan fingerprint density at radius 2 is 1.81 bits per heavy atom. The molecule has 4 rings (SSSR count). The molecule has 0 unspecified atom stereocenters. The maximum Gasteiger partial charge on any atom is 0.231 e. The number of rotatable bonds is 5. The Labute approximate surface area is 155 Å². The molecule has 5 heteroatoms. The number of pyridine rings is 1. The first-order valence-electron chi connectivity index (χ1n) is 8.40. The number of carbonyl (C=O) groups excluding carboxylic acids is 2. The van der Waals surface area contributed by atoms with Gasteiger partial charge < -0.3 is 9.47 Å². The first-order chi connectivity index (χ1) is 13.2. The highest BCUT2D eigenvalue weighted by Crippen LogP contribution is 2.34. The fourth-order valence-corrected chi connectivity index (χ4v) is 2.72. The summed E-state index contributed by atoms with van der Waals surface area (Å²) in [6.45, 7) is -0.0868. The van der Waals surface area contributed by atoms with Gasteiger partial charge in [0, 0.05) is 24.0 Å². The van der Waals surface area contributed by atoms with Gasteiger partial charge in [-0.3, -0.25) is 14.6 Å². The van der Waals surface area contributed by atoms with E-state index in [0.29, 0.717) is 22.6 Å². The maximum atomic E-state index is 12.5. The van der Waals surface area contributed by atoms with Crippen molar-refractivity contribution in [2.75, 3.05) is 6.61 Å². The molecular formula is C22H15NO4. The molecule has 27 heavy (non-hydrogen) atoms. The third-order valence-electron chi connectivity index (χ3n) is 4.11. The number of carbonyl (C=O) groups is 2. The van der Waals surface area contributed by atoms with Gasteiger partial charge >= 0.3 is 0 Å². The minimum Gasteiger partial charge on any atom is -0.485 e. The summed E-state index contributed by atoms with van der Waals surface area (Å²) in [7, 11) is 0. The molecule has 0 spiro atoms. The van der Waals surface area contributed by atoms with Crippen molar-refractivity contribution in [1.82, 2.24) is 4.98 Å². The van der Waals surface area contributed by atoms with E-state index in [2.05, 4.69) is 4.98 Å². The Morgan fingerprint density at radius 1 is 1.04 bits per heavy atom. The van der Waals surface area contributed by atoms with Crippen molar-refractivity contribution in [2.45, 2.75) is 0 Å². The average molecular weight is 357 g/mol. The van der Waals surface area contributed by atoms with E-state index >= 15 is 0 Å². The number of hydrogen-bond donors (Lipinski definition) is 0. The van der Waals surface area contributed by atoms with Gasteiger partial charge in [0.05, 0.1) is 5.56 Å². The molecule has 0 saturated carbocycles. The van der Waals surface area contributed by atoms with Gasteiger partial charge in [0.2, 0.25) is 5.78 Å². The molecular weight excluding hydrogens is 342 g/mol. The molecule has 0 radical (unpaired) electrons. The predicted octanol–water partition coefficient (Wildman–Crippen LogP) is 3.96. The maximum absolute atomic E-state index is 12.5. The summed E-state index contributed by atoms with van der Waals surface area (Å²) in [6.07, 6.45) is 4.97. The molecule has 0 saturated heterocycles. The summed E-state index contributed by atoms with van der Waals surface area (Å²) in [5, 5.41) is 0. The summed E-state index contributed by atoms with van der Waals surface area (Å²) in [6, 6.07) is 17.5. The monoisotopic (exact) mass is 357 g/mol. The number of ether oxygens (including phenoxy) is 2. The molecule has 1 aliphatic heterocycles. The van der Waals surface area contributed by atoms with Crippen LogP contribution < -0.4 is 9.47 Å². The first kappa shape index (κ1) is 16.7. The van der Waals surface area contributed by atoms with Crippen LogP contribution in [0.15, 0.2) is 78.8 Å². The van der Waals surface area contributed by atoms with E-state index in [-0.39, 0.29) is 23.9 Å². The van der Waals surface area contributed by atoms with Crippen molar-refractivity contribution in [2.24, 2.45) is 0 Å². The Hall–Kier alpha value is -3.73. The quantitative estimate of drug-likeness (QED) is 0.511. The van der Waals surface area contributed by atoms with Crippen LogP contribution in [0.25, 0.3) is 6.08 Å². The van der Waals surface area contributed by atoms with Crippen LogP contribution in [0.3, 0.4) is 0 Å². The number of aromatic nitrogens is 1. The number of allylic oxidation sites excluding steroid dienone is 1. The molecule has 0 N–H and O–H groups in total. The van der Waals surface area contributed by atoms with Gasteiger partial charge in [0.1, 0.15) is 11.5 Å². The van der Waals surface area contributed by atoms with E-state index in [1.807, 2.05) is 6.07 Å². The van der Waals surface area contributed by atoms with Crippen LogP contribution in [-0.2, 0) is 0 Å². The van der Waals surface area contributed by atoms with E-state index < -0.39 is 0 Å². The van der Waals surface area contributed by atoms with Crippen LogP contribution in [0.2, 0.25) is 0 Å². The third-order valence-corrected chi connectivity index (χ3v) is 4.11. The SMILES string of the molecule is O=C(COc1ccc2c(c1)OC(=Cc1ccncc1)C2=O)c1ccccc1. The van der Waals surface area contributed by atoms with Crippen molar-refractivity contribution in [3.05, 3.63) is 95.5 Å². The lowest BCUT2D eigenvalue weighted by Gasteiger charge is -2.06. The van der Waals surface area contributed by atoms with E-state index in [9.17, 15) is 9.59 Å². The van der Waals surface area contributed by atoms with Gasteiger partial charge in [-0.15, -0.1) is 0 Å². The van der Waals surface area contributed by atoms with E-state index in [0.717, 1.165) is 5.56 Å². The van der Waals surface area contributed by atoms with Gasteiger partial charge in [-0.05, 0) is 35.9 Å². The fourth-order valence-electron chi connectivity index (χ4n) is 2.72. The van der Waals surface area contributed by atoms with Gasteiger partial charge in [0.25, 0.3) is 0 Å². The van der Waals surface area contributed by atoms with Crippen LogP contribution in [-0.4, -0.2) is 23.2 Å². The largest absolute Gasteiger partial charge is 0.485 e. The lowest BCUT2D eigenvalue weighted by atomic mass is 10.1.